The summed E-state index contributed by atoms with van der Waals surface area (Å²) in [5, 5.41) is -0.251. The molecule has 1 rings (SSSR count). The number of esters is 1. The Labute approximate surface area is 123 Å². The Morgan fingerprint density at radius 1 is 1.39 bits per heavy atom. The molecule has 0 aliphatic carbocycles. The fourth-order valence-corrected chi connectivity index (χ4v) is 3.34. The van der Waals surface area contributed by atoms with Crippen molar-refractivity contribution in [2.75, 3.05) is 0 Å². The summed E-state index contributed by atoms with van der Waals surface area (Å²) >= 11 is 8.94. The highest BCUT2D eigenvalue weighted by Gasteiger charge is 2.23. The summed E-state index contributed by atoms with van der Waals surface area (Å²) in [7, 11) is 1.20. The van der Waals surface area contributed by atoms with Crippen LogP contribution in [0, 0.1) is 0 Å². The lowest BCUT2D eigenvalue weighted by Crippen LogP contribution is -2.13. The van der Waals surface area contributed by atoms with Gasteiger partial charge in [-0.3, -0.25) is 0 Å². The molecule has 18 heavy (non-hydrogen) atoms. The normalized spacial score (nSPS) is 11.7. The van der Waals surface area contributed by atoms with E-state index in [1.807, 2.05) is 0 Å². The van der Waals surface area contributed by atoms with Gasteiger partial charge in [-0.25, -0.2) is 13.2 Å². The van der Waals surface area contributed by atoms with Gasteiger partial charge in [0.1, 0.15) is 4.90 Å². The molecule has 0 spiro atoms. The van der Waals surface area contributed by atoms with Crippen molar-refractivity contribution < 1.29 is 17.9 Å². The Hall–Kier alpha value is -0.300. The third-order valence-electron chi connectivity index (χ3n) is 1.83. The zero-order chi connectivity index (χ0) is 14.1. The Morgan fingerprint density at radius 3 is 2.39 bits per heavy atom. The van der Waals surface area contributed by atoms with E-state index < -0.39 is 15.0 Å². The van der Waals surface area contributed by atoms with E-state index in [1.54, 1.807) is 13.8 Å². The minimum Gasteiger partial charge on any atom is -0.459 e. The molecule has 100 valence electrons. The van der Waals surface area contributed by atoms with E-state index in [1.165, 1.54) is 12.1 Å². The van der Waals surface area contributed by atoms with Crippen LogP contribution in [-0.4, -0.2) is 20.5 Å². The van der Waals surface area contributed by atoms with Crippen molar-refractivity contribution in [3.63, 3.8) is 0 Å². The van der Waals surface area contributed by atoms with E-state index in [-0.39, 0.29) is 21.6 Å². The van der Waals surface area contributed by atoms with Crippen molar-refractivity contribution in [3.8, 4) is 0 Å². The fourth-order valence-electron chi connectivity index (χ4n) is 1.17. The summed E-state index contributed by atoms with van der Waals surface area (Å²) < 4.78 is 27.9. The summed E-state index contributed by atoms with van der Waals surface area (Å²) in [5.74, 6) is -0.710. The van der Waals surface area contributed by atoms with Crippen LogP contribution < -0.4 is 0 Å². The number of hydrogen-bond acceptors (Lipinski definition) is 4. The molecule has 0 heterocycles. The van der Waals surface area contributed by atoms with Crippen LogP contribution in [0.5, 0.6) is 0 Å². The molecule has 0 N–H and O–H groups in total. The smallest absolute Gasteiger partial charge is 0.339 e. The van der Waals surface area contributed by atoms with E-state index in [2.05, 4.69) is 15.9 Å². The topological polar surface area (TPSA) is 60.4 Å². The Balaban J connectivity index is 3.39. The maximum absolute atomic E-state index is 11.7. The average Bonchev–Trinajstić information content (AvgIpc) is 2.18. The van der Waals surface area contributed by atoms with Gasteiger partial charge in [-0.1, -0.05) is 27.5 Å². The predicted octanol–water partition coefficient (Wildman–Crippen LogP) is 3.60. The van der Waals surface area contributed by atoms with Gasteiger partial charge in [0.25, 0.3) is 9.05 Å². The molecular formula is C10H9BrCl2O4S. The zero-order valence-corrected chi connectivity index (χ0v) is 13.3. The highest BCUT2D eigenvalue weighted by atomic mass is 79.9. The van der Waals surface area contributed by atoms with Gasteiger partial charge in [0.2, 0.25) is 0 Å². The van der Waals surface area contributed by atoms with E-state index in [4.69, 9.17) is 27.0 Å². The second kappa shape index (κ2) is 5.77. The van der Waals surface area contributed by atoms with Crippen LogP contribution in [0.4, 0.5) is 0 Å². The van der Waals surface area contributed by atoms with Gasteiger partial charge in [-0.15, -0.1) is 0 Å². The SMILES string of the molecule is CC(C)OC(=O)c1cc(Br)cc(S(=O)(=O)Cl)c1Cl. The largest absolute Gasteiger partial charge is 0.459 e. The molecule has 0 atom stereocenters. The summed E-state index contributed by atoms with van der Waals surface area (Å²) in [6, 6.07) is 2.59. The van der Waals surface area contributed by atoms with Gasteiger partial charge < -0.3 is 4.74 Å². The maximum Gasteiger partial charge on any atom is 0.339 e. The van der Waals surface area contributed by atoms with Crippen LogP contribution in [0.25, 0.3) is 0 Å². The van der Waals surface area contributed by atoms with Crippen molar-refractivity contribution >= 4 is 53.2 Å². The van der Waals surface area contributed by atoms with Crippen LogP contribution in [0.15, 0.2) is 21.5 Å². The number of benzene rings is 1. The average molecular weight is 376 g/mol. The Kier molecular flexibility index (Phi) is 5.05. The first-order valence-electron chi connectivity index (χ1n) is 4.77. The van der Waals surface area contributed by atoms with Crippen LogP contribution in [0.2, 0.25) is 5.02 Å². The molecule has 0 radical (unpaired) electrons. The molecule has 0 saturated heterocycles. The van der Waals surface area contributed by atoms with Gasteiger partial charge in [0, 0.05) is 15.2 Å². The quantitative estimate of drug-likeness (QED) is 0.598. The number of rotatable bonds is 3. The minimum absolute atomic E-state index is 0.0565. The van der Waals surface area contributed by atoms with Gasteiger partial charge in [0.05, 0.1) is 16.7 Å². The molecular weight excluding hydrogens is 367 g/mol. The van der Waals surface area contributed by atoms with Gasteiger partial charge in [-0.05, 0) is 26.0 Å². The van der Waals surface area contributed by atoms with Crippen molar-refractivity contribution in [1.82, 2.24) is 0 Å². The van der Waals surface area contributed by atoms with E-state index in [0.29, 0.717) is 4.47 Å². The summed E-state index contributed by atoms with van der Waals surface area (Å²) in [6.07, 6.45) is -0.344. The lowest BCUT2D eigenvalue weighted by atomic mass is 10.2. The summed E-state index contributed by atoms with van der Waals surface area (Å²) in [6.45, 7) is 3.34. The molecule has 0 unspecified atom stereocenters. The minimum atomic E-state index is -4.04. The molecule has 0 bridgehead atoms. The van der Waals surface area contributed by atoms with Gasteiger partial charge in [0.15, 0.2) is 0 Å². The summed E-state index contributed by atoms with van der Waals surface area (Å²) in [5.41, 5.74) is -0.0565. The van der Waals surface area contributed by atoms with Crippen LogP contribution in [0.3, 0.4) is 0 Å². The highest BCUT2D eigenvalue weighted by Crippen LogP contribution is 2.32. The lowest BCUT2D eigenvalue weighted by Gasteiger charge is -2.11. The molecule has 0 amide bonds. The number of hydrogen-bond donors (Lipinski definition) is 0. The van der Waals surface area contributed by atoms with Crippen molar-refractivity contribution in [3.05, 3.63) is 27.2 Å². The zero-order valence-electron chi connectivity index (χ0n) is 9.41. The first-order valence-corrected chi connectivity index (χ1v) is 8.25. The van der Waals surface area contributed by atoms with Gasteiger partial charge >= 0.3 is 5.97 Å². The monoisotopic (exact) mass is 374 g/mol. The lowest BCUT2D eigenvalue weighted by molar-refractivity contribution is 0.0378. The molecule has 0 saturated carbocycles. The third-order valence-corrected chi connectivity index (χ3v) is 4.15. The predicted molar refractivity (Wildman–Crippen MR) is 72.7 cm³/mol. The van der Waals surface area contributed by atoms with E-state index in [9.17, 15) is 13.2 Å². The molecule has 8 heteroatoms. The molecule has 0 aliphatic rings. The number of ether oxygens (including phenoxy) is 1. The van der Waals surface area contributed by atoms with Crippen molar-refractivity contribution in [2.24, 2.45) is 0 Å². The molecule has 0 aromatic heterocycles. The maximum atomic E-state index is 11.7. The Morgan fingerprint density at radius 2 is 1.94 bits per heavy atom. The van der Waals surface area contributed by atoms with Crippen LogP contribution >= 0.6 is 38.2 Å². The summed E-state index contributed by atoms with van der Waals surface area (Å²) in [4.78, 5) is 11.4. The molecule has 4 nitrogen and oxygen atoms in total. The third kappa shape index (κ3) is 3.85. The van der Waals surface area contributed by atoms with Gasteiger partial charge in [-0.2, -0.15) is 0 Å². The van der Waals surface area contributed by atoms with Crippen LogP contribution in [0.1, 0.15) is 24.2 Å². The fraction of sp³-hybridized carbons (Fsp3) is 0.300. The van der Waals surface area contributed by atoms with Crippen molar-refractivity contribution in [2.45, 2.75) is 24.8 Å². The molecule has 0 aliphatic heterocycles. The second-order valence-corrected chi connectivity index (χ2v) is 7.49. The first kappa shape index (κ1) is 15.8. The van der Waals surface area contributed by atoms with E-state index >= 15 is 0 Å². The number of carbonyl (C=O) groups excluding carboxylic acids is 1. The highest BCUT2D eigenvalue weighted by molar-refractivity contribution is 9.10. The van der Waals surface area contributed by atoms with Crippen LogP contribution in [-0.2, 0) is 13.8 Å². The number of halogens is 3. The molecule has 0 fully saturated rings. The van der Waals surface area contributed by atoms with E-state index in [0.717, 1.165) is 0 Å². The second-order valence-electron chi connectivity index (χ2n) is 3.66. The molecule has 1 aromatic rings. The standard InChI is InChI=1S/C10H9BrCl2O4S/c1-5(2)17-10(14)7-3-6(11)4-8(9(7)12)18(13,15)16/h3-5H,1-2H3. The number of carbonyl (C=O) groups is 1. The molecule has 1 aromatic carbocycles. The Bertz CT molecular complexity index is 584. The first-order chi connectivity index (χ1) is 8.12. The van der Waals surface area contributed by atoms with Crippen molar-refractivity contribution in [1.29, 1.82) is 0 Å².